The highest BCUT2D eigenvalue weighted by molar-refractivity contribution is 6.47. The van der Waals surface area contributed by atoms with Gasteiger partial charge in [0, 0.05) is 29.1 Å². The Morgan fingerprint density at radius 3 is 2.38 bits per heavy atom. The average Bonchev–Trinajstić information content (AvgIpc) is 3.00. The number of ether oxygens (including phenoxy) is 1. The molecule has 0 bridgehead atoms. The highest BCUT2D eigenvalue weighted by atomic mass is 19.1. The summed E-state index contributed by atoms with van der Waals surface area (Å²) < 4.78 is 32.6. The third-order valence-corrected chi connectivity index (χ3v) is 5.90. The molecule has 1 aliphatic carbocycles. The second kappa shape index (κ2) is 8.57. The van der Waals surface area contributed by atoms with Gasteiger partial charge in [0.15, 0.2) is 17.4 Å². The minimum atomic E-state index is -0.933. The highest BCUT2D eigenvalue weighted by Gasteiger charge is 2.48. The first-order valence-corrected chi connectivity index (χ1v) is 10.4. The Morgan fingerprint density at radius 2 is 1.78 bits per heavy atom. The number of amides is 2. The second-order valence-electron chi connectivity index (χ2n) is 8.04. The number of carbonyl (C=O) groups excluding carboxylic acids is 2. The topological polar surface area (TPSA) is 97.0 Å². The number of hydrogen-bond donors (Lipinski definition) is 2. The molecular formula is C23H24F2N4O3. The Balaban J connectivity index is 1.57. The fourth-order valence-corrected chi connectivity index (χ4v) is 4.35. The molecule has 0 unspecified atom stereocenters. The lowest BCUT2D eigenvalue weighted by molar-refractivity contribution is -0.134. The first kappa shape index (κ1) is 21.7. The standard InChI is InChI=1S/C23H24F2N4O3/c1-32-21-17(24)11-16(12-18(21)25)27-19(30)13-29-22(31)20(14-5-7-15(26)8-6-14)28-23(29)9-3-2-4-10-23/h5-8,11-12H,2-4,9-10,13,26H2,1H3,(H,27,30). The number of nitrogen functional groups attached to an aromatic ring is 1. The first-order chi connectivity index (χ1) is 15.3. The van der Waals surface area contributed by atoms with E-state index >= 15 is 0 Å². The highest BCUT2D eigenvalue weighted by Crippen LogP contribution is 2.39. The third-order valence-electron chi connectivity index (χ3n) is 5.90. The fraction of sp³-hybridized carbons (Fsp3) is 0.348. The summed E-state index contributed by atoms with van der Waals surface area (Å²) in [5, 5.41) is 2.47. The smallest absolute Gasteiger partial charge is 0.275 e. The Hall–Kier alpha value is -3.49. The normalized spacial score (nSPS) is 17.4. The van der Waals surface area contributed by atoms with Crippen molar-refractivity contribution in [2.45, 2.75) is 37.8 Å². The quantitative estimate of drug-likeness (QED) is 0.693. The third kappa shape index (κ3) is 4.02. The minimum absolute atomic E-state index is 0.0604. The summed E-state index contributed by atoms with van der Waals surface area (Å²) in [6, 6.07) is 8.79. The van der Waals surface area contributed by atoms with Crippen LogP contribution in [0.2, 0.25) is 0 Å². The van der Waals surface area contributed by atoms with Crippen molar-refractivity contribution >= 4 is 28.9 Å². The first-order valence-electron chi connectivity index (χ1n) is 10.4. The average molecular weight is 442 g/mol. The summed E-state index contributed by atoms with van der Waals surface area (Å²) in [5.41, 5.74) is 6.40. The van der Waals surface area contributed by atoms with Gasteiger partial charge in [-0.1, -0.05) is 18.6 Å². The van der Waals surface area contributed by atoms with Gasteiger partial charge < -0.3 is 20.7 Å². The summed E-state index contributed by atoms with van der Waals surface area (Å²) in [7, 11) is 1.15. The van der Waals surface area contributed by atoms with Crippen LogP contribution in [-0.2, 0) is 9.59 Å². The van der Waals surface area contributed by atoms with Gasteiger partial charge in [-0.15, -0.1) is 0 Å². The van der Waals surface area contributed by atoms with Crippen molar-refractivity contribution in [3.63, 3.8) is 0 Å². The zero-order valence-corrected chi connectivity index (χ0v) is 17.7. The molecule has 168 valence electrons. The van der Waals surface area contributed by atoms with E-state index in [-0.39, 0.29) is 18.1 Å². The summed E-state index contributed by atoms with van der Waals surface area (Å²) >= 11 is 0. The van der Waals surface area contributed by atoms with E-state index in [0.29, 0.717) is 29.8 Å². The van der Waals surface area contributed by atoms with Crippen molar-refractivity contribution in [1.82, 2.24) is 4.90 Å². The van der Waals surface area contributed by atoms with Crippen molar-refractivity contribution in [3.8, 4) is 5.75 Å². The fourth-order valence-electron chi connectivity index (χ4n) is 4.35. The van der Waals surface area contributed by atoms with E-state index in [9.17, 15) is 18.4 Å². The van der Waals surface area contributed by atoms with Gasteiger partial charge in [-0.3, -0.25) is 14.6 Å². The molecule has 32 heavy (non-hydrogen) atoms. The SMILES string of the molecule is COc1c(F)cc(NC(=O)CN2C(=O)C(c3ccc(N)cc3)=NC23CCCCC3)cc1F. The van der Waals surface area contributed by atoms with Crippen LogP contribution in [0.5, 0.6) is 5.75 Å². The molecule has 1 fully saturated rings. The van der Waals surface area contributed by atoms with Crippen LogP contribution < -0.4 is 15.8 Å². The number of hydrogen-bond acceptors (Lipinski definition) is 5. The molecule has 2 aliphatic rings. The molecule has 0 radical (unpaired) electrons. The lowest BCUT2D eigenvalue weighted by atomic mass is 9.88. The van der Waals surface area contributed by atoms with Crippen LogP contribution in [0, 0.1) is 11.6 Å². The predicted molar refractivity (Wildman–Crippen MR) is 116 cm³/mol. The van der Waals surface area contributed by atoms with Crippen molar-refractivity contribution < 1.29 is 23.1 Å². The van der Waals surface area contributed by atoms with E-state index in [4.69, 9.17) is 10.7 Å². The Kier molecular flexibility index (Phi) is 5.82. The van der Waals surface area contributed by atoms with Gasteiger partial charge in [-0.25, -0.2) is 8.78 Å². The molecule has 1 saturated carbocycles. The maximum absolute atomic E-state index is 14.0. The molecular weight excluding hydrogens is 418 g/mol. The zero-order valence-electron chi connectivity index (χ0n) is 17.7. The van der Waals surface area contributed by atoms with Gasteiger partial charge in [-0.05, 0) is 37.8 Å². The molecule has 9 heteroatoms. The molecule has 1 spiro atoms. The van der Waals surface area contributed by atoms with Crippen molar-refractivity contribution in [3.05, 3.63) is 53.6 Å². The van der Waals surface area contributed by atoms with Crippen molar-refractivity contribution in [1.29, 1.82) is 0 Å². The summed E-state index contributed by atoms with van der Waals surface area (Å²) in [5.74, 6) is -3.31. The molecule has 4 rings (SSSR count). The molecule has 1 heterocycles. The van der Waals surface area contributed by atoms with E-state index in [1.165, 1.54) is 4.90 Å². The molecule has 2 aromatic rings. The van der Waals surface area contributed by atoms with Crippen LogP contribution in [0.4, 0.5) is 20.2 Å². The molecule has 0 aromatic heterocycles. The minimum Gasteiger partial charge on any atom is -0.491 e. The maximum Gasteiger partial charge on any atom is 0.275 e. The molecule has 2 amide bonds. The number of nitrogens with one attached hydrogen (secondary N) is 1. The van der Waals surface area contributed by atoms with Crippen LogP contribution in [0.25, 0.3) is 0 Å². The van der Waals surface area contributed by atoms with E-state index in [2.05, 4.69) is 10.1 Å². The van der Waals surface area contributed by atoms with Gasteiger partial charge in [0.25, 0.3) is 5.91 Å². The number of anilines is 2. The van der Waals surface area contributed by atoms with Crippen LogP contribution in [-0.4, -0.2) is 41.7 Å². The van der Waals surface area contributed by atoms with Gasteiger partial charge in [0.05, 0.1) is 7.11 Å². The summed E-state index contributed by atoms with van der Waals surface area (Å²) in [4.78, 5) is 32.3. The largest absolute Gasteiger partial charge is 0.491 e. The predicted octanol–water partition coefficient (Wildman–Crippen LogP) is 3.49. The molecule has 3 N–H and O–H groups in total. The van der Waals surface area contributed by atoms with E-state index in [1.54, 1.807) is 24.3 Å². The number of nitrogens with two attached hydrogens (primary N) is 1. The number of aliphatic imine (C=N–C) groups is 1. The number of rotatable bonds is 5. The van der Waals surface area contributed by atoms with Crippen LogP contribution >= 0.6 is 0 Å². The van der Waals surface area contributed by atoms with Crippen LogP contribution in [0.1, 0.15) is 37.7 Å². The Morgan fingerprint density at radius 1 is 1.16 bits per heavy atom. The number of benzene rings is 2. The molecule has 0 saturated heterocycles. The second-order valence-corrected chi connectivity index (χ2v) is 8.04. The zero-order chi connectivity index (χ0) is 22.9. The van der Waals surface area contributed by atoms with E-state index in [1.807, 2.05) is 0 Å². The maximum atomic E-state index is 14.0. The molecule has 1 aliphatic heterocycles. The van der Waals surface area contributed by atoms with Gasteiger partial charge in [0.1, 0.15) is 17.9 Å². The van der Waals surface area contributed by atoms with E-state index in [0.717, 1.165) is 38.5 Å². The van der Waals surface area contributed by atoms with Gasteiger partial charge in [-0.2, -0.15) is 0 Å². The number of halogens is 2. The van der Waals surface area contributed by atoms with Crippen LogP contribution in [0.3, 0.4) is 0 Å². The monoisotopic (exact) mass is 442 g/mol. The number of nitrogens with zero attached hydrogens (tertiary/aromatic N) is 2. The van der Waals surface area contributed by atoms with Gasteiger partial charge in [0.2, 0.25) is 5.91 Å². The Labute approximate surface area is 184 Å². The van der Waals surface area contributed by atoms with Crippen molar-refractivity contribution in [2.24, 2.45) is 4.99 Å². The van der Waals surface area contributed by atoms with Gasteiger partial charge >= 0.3 is 0 Å². The lowest BCUT2D eigenvalue weighted by Crippen LogP contribution is -2.51. The number of carbonyl (C=O) groups is 2. The lowest BCUT2D eigenvalue weighted by Gasteiger charge is -2.38. The van der Waals surface area contributed by atoms with Crippen molar-refractivity contribution in [2.75, 3.05) is 24.7 Å². The van der Waals surface area contributed by atoms with Crippen LogP contribution in [0.15, 0.2) is 41.4 Å². The number of methoxy groups -OCH3 is 1. The Bertz CT molecular complexity index is 1060. The molecule has 0 atom stereocenters. The molecule has 7 nitrogen and oxygen atoms in total. The summed E-state index contributed by atoms with van der Waals surface area (Å²) in [6.07, 6.45) is 4.11. The van der Waals surface area contributed by atoms with E-state index < -0.39 is 29.0 Å². The summed E-state index contributed by atoms with van der Waals surface area (Å²) in [6.45, 7) is -0.282. The molecule has 2 aromatic carbocycles.